The third-order valence-corrected chi connectivity index (χ3v) is 3.72. The second kappa shape index (κ2) is 3.73. The normalized spacial score (nSPS) is 45.1. The van der Waals surface area contributed by atoms with Crippen LogP contribution in [0.15, 0.2) is 0 Å². The lowest BCUT2D eigenvalue weighted by molar-refractivity contribution is -0.172. The second-order valence-electron chi connectivity index (χ2n) is 4.25. The quantitative estimate of drug-likeness (QED) is 0.697. The van der Waals surface area contributed by atoms with Crippen molar-refractivity contribution in [1.82, 2.24) is 0 Å². The molecule has 5 nitrogen and oxygen atoms in total. The molecular formula is C10H16O5. The Morgan fingerprint density at radius 3 is 2.87 bits per heavy atom. The molecule has 0 aromatic rings. The van der Waals surface area contributed by atoms with Gasteiger partial charge in [0.25, 0.3) is 0 Å². The Hall–Kier alpha value is -0.650. The first-order valence-electron chi connectivity index (χ1n) is 5.26. The van der Waals surface area contributed by atoms with Crippen LogP contribution in [0, 0.1) is 5.41 Å². The smallest absolute Gasteiger partial charge is 0.312 e. The van der Waals surface area contributed by atoms with Gasteiger partial charge in [-0.2, -0.15) is 0 Å². The van der Waals surface area contributed by atoms with Crippen molar-refractivity contribution < 1.29 is 24.5 Å². The monoisotopic (exact) mass is 216 g/mol. The largest absolute Gasteiger partial charge is 0.481 e. The molecule has 0 aromatic heterocycles. The van der Waals surface area contributed by atoms with Gasteiger partial charge in [0, 0.05) is 0 Å². The number of carboxylic acids is 1. The molecule has 2 rings (SSSR count). The summed E-state index contributed by atoms with van der Waals surface area (Å²) in [5.74, 6) is -0.938. The zero-order valence-corrected chi connectivity index (χ0v) is 8.68. The summed E-state index contributed by atoms with van der Waals surface area (Å²) in [5.41, 5.74) is -1.06. The van der Waals surface area contributed by atoms with Gasteiger partial charge in [0.1, 0.15) is 12.9 Å². The molecule has 0 radical (unpaired) electrons. The number of ether oxygens (including phenoxy) is 2. The molecule has 0 bridgehead atoms. The number of aliphatic hydroxyl groups excluding tert-OH is 1. The Balaban J connectivity index is 2.24. The minimum absolute atomic E-state index is 0.140. The van der Waals surface area contributed by atoms with Crippen LogP contribution >= 0.6 is 0 Å². The summed E-state index contributed by atoms with van der Waals surface area (Å²) < 4.78 is 10.5. The Morgan fingerprint density at radius 2 is 2.27 bits per heavy atom. The van der Waals surface area contributed by atoms with Gasteiger partial charge in [-0.05, 0) is 19.3 Å². The molecule has 4 atom stereocenters. The molecule has 0 amide bonds. The maximum Gasteiger partial charge on any atom is 0.312 e. The van der Waals surface area contributed by atoms with Gasteiger partial charge < -0.3 is 19.7 Å². The van der Waals surface area contributed by atoms with Crippen molar-refractivity contribution in [3.63, 3.8) is 0 Å². The topological polar surface area (TPSA) is 76.0 Å². The Bertz CT molecular complexity index is 267. The maximum absolute atomic E-state index is 11.2. The van der Waals surface area contributed by atoms with Crippen LogP contribution in [0.1, 0.15) is 26.2 Å². The van der Waals surface area contributed by atoms with Crippen LogP contribution in [0.25, 0.3) is 0 Å². The molecule has 1 aliphatic heterocycles. The fourth-order valence-electron chi connectivity index (χ4n) is 2.58. The van der Waals surface area contributed by atoms with Crippen molar-refractivity contribution >= 4 is 5.97 Å². The van der Waals surface area contributed by atoms with Crippen molar-refractivity contribution in [2.75, 3.05) is 6.79 Å². The zero-order valence-electron chi connectivity index (χ0n) is 8.68. The van der Waals surface area contributed by atoms with Gasteiger partial charge in [-0.1, -0.05) is 6.92 Å². The van der Waals surface area contributed by atoms with E-state index in [2.05, 4.69) is 0 Å². The van der Waals surface area contributed by atoms with E-state index in [0.717, 1.165) is 0 Å². The van der Waals surface area contributed by atoms with E-state index in [1.807, 2.05) is 0 Å². The van der Waals surface area contributed by atoms with E-state index in [-0.39, 0.29) is 12.9 Å². The van der Waals surface area contributed by atoms with Gasteiger partial charge in [0.05, 0.1) is 17.6 Å². The number of aliphatic carboxylic acids is 1. The minimum atomic E-state index is -1.06. The van der Waals surface area contributed by atoms with E-state index < -0.39 is 23.6 Å². The van der Waals surface area contributed by atoms with Crippen molar-refractivity contribution in [1.29, 1.82) is 0 Å². The van der Waals surface area contributed by atoms with Crippen LogP contribution in [-0.2, 0) is 14.3 Å². The molecule has 1 heterocycles. The number of fused-ring (bicyclic) bond motifs is 1. The summed E-state index contributed by atoms with van der Waals surface area (Å²) in [6, 6.07) is 0. The molecule has 86 valence electrons. The molecule has 15 heavy (non-hydrogen) atoms. The van der Waals surface area contributed by atoms with E-state index in [1.165, 1.54) is 0 Å². The molecule has 2 aliphatic rings. The number of carboxylic acid groups (broad SMARTS) is 1. The zero-order chi connectivity index (χ0) is 11.1. The lowest BCUT2D eigenvalue weighted by Crippen LogP contribution is -2.55. The Kier molecular flexibility index (Phi) is 2.70. The minimum Gasteiger partial charge on any atom is -0.481 e. The fourth-order valence-corrected chi connectivity index (χ4v) is 2.58. The average molecular weight is 216 g/mol. The molecule has 0 spiro atoms. The number of rotatable bonds is 2. The number of aliphatic hydroxyl groups is 1. The predicted molar refractivity (Wildman–Crippen MR) is 50.2 cm³/mol. The molecule has 1 saturated heterocycles. The summed E-state index contributed by atoms with van der Waals surface area (Å²) in [6.07, 6.45) is -0.0854. The van der Waals surface area contributed by atoms with Gasteiger partial charge in [-0.25, -0.2) is 0 Å². The van der Waals surface area contributed by atoms with E-state index in [4.69, 9.17) is 9.47 Å². The van der Waals surface area contributed by atoms with E-state index in [9.17, 15) is 15.0 Å². The predicted octanol–water partition coefficient (Wildman–Crippen LogP) is 0.364. The summed E-state index contributed by atoms with van der Waals surface area (Å²) >= 11 is 0. The first kappa shape index (κ1) is 10.9. The molecular weight excluding hydrogens is 200 g/mol. The molecule has 1 saturated carbocycles. The van der Waals surface area contributed by atoms with E-state index in [0.29, 0.717) is 19.3 Å². The Labute approximate surface area is 88.0 Å². The SMILES string of the molecule is CCC1(C(=O)O)CCC2OCOC2C1O. The van der Waals surface area contributed by atoms with Crippen LogP contribution in [0.2, 0.25) is 0 Å². The number of hydrogen-bond donors (Lipinski definition) is 2. The molecule has 1 aliphatic carbocycles. The van der Waals surface area contributed by atoms with Gasteiger partial charge in [-0.3, -0.25) is 4.79 Å². The standard InChI is InChI=1S/C10H16O5/c1-2-10(9(12)13)4-3-6-7(8(10)11)15-5-14-6/h6-8,11H,2-5H2,1H3,(H,12,13). The van der Waals surface area contributed by atoms with Crippen LogP contribution in [0.4, 0.5) is 0 Å². The fraction of sp³-hybridized carbons (Fsp3) is 0.900. The molecule has 2 N–H and O–H groups in total. The molecule has 2 fully saturated rings. The van der Waals surface area contributed by atoms with Gasteiger partial charge in [-0.15, -0.1) is 0 Å². The first-order valence-corrected chi connectivity index (χ1v) is 5.26. The highest BCUT2D eigenvalue weighted by atomic mass is 16.7. The third-order valence-electron chi connectivity index (χ3n) is 3.72. The maximum atomic E-state index is 11.2. The first-order chi connectivity index (χ1) is 7.12. The summed E-state index contributed by atoms with van der Waals surface area (Å²) in [5, 5.41) is 19.3. The van der Waals surface area contributed by atoms with Crippen LogP contribution in [-0.4, -0.2) is 41.3 Å². The van der Waals surface area contributed by atoms with E-state index >= 15 is 0 Å². The van der Waals surface area contributed by atoms with Crippen LogP contribution in [0.3, 0.4) is 0 Å². The van der Waals surface area contributed by atoms with Gasteiger partial charge >= 0.3 is 5.97 Å². The van der Waals surface area contributed by atoms with Crippen molar-refractivity contribution in [2.24, 2.45) is 5.41 Å². The summed E-state index contributed by atoms with van der Waals surface area (Å²) in [4.78, 5) is 11.2. The third kappa shape index (κ3) is 1.46. The average Bonchev–Trinajstić information content (AvgIpc) is 2.67. The Morgan fingerprint density at radius 1 is 1.53 bits per heavy atom. The second-order valence-corrected chi connectivity index (χ2v) is 4.25. The lowest BCUT2D eigenvalue weighted by atomic mass is 9.68. The van der Waals surface area contributed by atoms with E-state index in [1.54, 1.807) is 6.92 Å². The van der Waals surface area contributed by atoms with Crippen molar-refractivity contribution in [3.05, 3.63) is 0 Å². The van der Waals surface area contributed by atoms with Crippen molar-refractivity contribution in [3.8, 4) is 0 Å². The van der Waals surface area contributed by atoms with Crippen LogP contribution < -0.4 is 0 Å². The molecule has 5 heteroatoms. The van der Waals surface area contributed by atoms with Crippen molar-refractivity contribution in [2.45, 2.75) is 44.5 Å². The number of hydrogen-bond acceptors (Lipinski definition) is 4. The summed E-state index contributed by atoms with van der Waals surface area (Å²) in [6.45, 7) is 1.94. The summed E-state index contributed by atoms with van der Waals surface area (Å²) in [7, 11) is 0. The van der Waals surface area contributed by atoms with Gasteiger partial charge in [0.2, 0.25) is 0 Å². The highest BCUT2D eigenvalue weighted by Crippen LogP contribution is 2.43. The number of carbonyl (C=O) groups is 1. The molecule has 4 unspecified atom stereocenters. The highest BCUT2D eigenvalue weighted by Gasteiger charge is 2.55. The van der Waals surface area contributed by atoms with Gasteiger partial charge in [0.15, 0.2) is 0 Å². The lowest BCUT2D eigenvalue weighted by Gasteiger charge is -2.41. The van der Waals surface area contributed by atoms with Crippen LogP contribution in [0.5, 0.6) is 0 Å². The highest BCUT2D eigenvalue weighted by molar-refractivity contribution is 5.75. The molecule has 0 aromatic carbocycles.